The van der Waals surface area contributed by atoms with Gasteiger partial charge in [-0.15, -0.1) is 0 Å². The lowest BCUT2D eigenvalue weighted by molar-refractivity contribution is -0.133. The molecule has 202 valence electrons. The van der Waals surface area contributed by atoms with Crippen molar-refractivity contribution in [3.63, 3.8) is 0 Å². The van der Waals surface area contributed by atoms with Gasteiger partial charge in [0.15, 0.2) is 17.2 Å². The number of amides is 1. The number of pyridine rings is 1. The molecule has 7 nitrogen and oxygen atoms in total. The number of ether oxygens (including phenoxy) is 1. The van der Waals surface area contributed by atoms with E-state index in [9.17, 15) is 28.0 Å². The maximum Gasteiger partial charge on any atom is 0.274 e. The minimum Gasteiger partial charge on any atom is -0.483 e. The van der Waals surface area contributed by atoms with Gasteiger partial charge in [0.1, 0.15) is 24.0 Å². The number of fused-ring (bicyclic) bond motifs is 2. The van der Waals surface area contributed by atoms with Gasteiger partial charge in [-0.1, -0.05) is 36.4 Å². The molecule has 1 aliphatic heterocycles. The van der Waals surface area contributed by atoms with Crippen molar-refractivity contribution in [1.82, 2.24) is 9.47 Å². The number of carbonyl (C=O) groups is 3. The third-order valence-electron chi connectivity index (χ3n) is 7.44. The number of hydrogen-bond donors (Lipinski definition) is 0. The lowest BCUT2D eigenvalue weighted by Crippen LogP contribution is -2.62. The second-order valence-electron chi connectivity index (χ2n) is 10.5. The Balaban J connectivity index is 1.58. The molecule has 0 bridgehead atoms. The topological polar surface area (TPSA) is 85.7 Å². The van der Waals surface area contributed by atoms with Gasteiger partial charge < -0.3 is 14.2 Å². The minimum absolute atomic E-state index is 0.0115. The van der Waals surface area contributed by atoms with Crippen LogP contribution >= 0.6 is 0 Å². The van der Waals surface area contributed by atoms with Crippen LogP contribution < -0.4 is 10.2 Å². The molecule has 9 heteroatoms. The summed E-state index contributed by atoms with van der Waals surface area (Å²) in [5.41, 5.74) is -0.801. The first kappa shape index (κ1) is 26.5. The van der Waals surface area contributed by atoms with Crippen LogP contribution in [0.25, 0.3) is 0 Å². The van der Waals surface area contributed by atoms with Gasteiger partial charge in [0, 0.05) is 44.1 Å². The van der Waals surface area contributed by atoms with Gasteiger partial charge in [-0.3, -0.25) is 19.2 Å². The Labute approximate surface area is 224 Å². The average Bonchev–Trinajstić information content (AvgIpc) is 2.88. The molecule has 0 unspecified atom stereocenters. The summed E-state index contributed by atoms with van der Waals surface area (Å²) in [7, 11) is 0. The van der Waals surface area contributed by atoms with Crippen molar-refractivity contribution in [2.45, 2.75) is 57.7 Å². The molecule has 0 N–H and O–H groups in total. The van der Waals surface area contributed by atoms with E-state index in [1.165, 1.54) is 12.3 Å². The zero-order chi connectivity index (χ0) is 27.9. The smallest absolute Gasteiger partial charge is 0.274 e. The molecule has 1 aliphatic carbocycles. The SMILES string of the molecule is CC(C)N1CC2(CC(=O)C2)n2cc(C(=O)CCc3ccc(F)cc3F)c(=O)c(OCc3ccccc3)c2C1=O. The largest absolute Gasteiger partial charge is 0.483 e. The van der Waals surface area contributed by atoms with Crippen molar-refractivity contribution in [1.29, 1.82) is 0 Å². The summed E-state index contributed by atoms with van der Waals surface area (Å²) in [5.74, 6) is -2.71. The molecule has 2 aliphatic rings. The lowest BCUT2D eigenvalue weighted by atomic mass is 9.73. The molecular formula is C30H28F2N2O5. The predicted molar refractivity (Wildman–Crippen MR) is 139 cm³/mol. The minimum atomic E-state index is -0.790. The van der Waals surface area contributed by atoms with Crippen LogP contribution in [0.3, 0.4) is 0 Å². The fourth-order valence-electron chi connectivity index (χ4n) is 5.32. The molecule has 0 atom stereocenters. The van der Waals surface area contributed by atoms with E-state index in [1.807, 2.05) is 44.2 Å². The molecule has 1 fully saturated rings. The Kier molecular flexibility index (Phi) is 6.92. The standard InChI is InChI=1S/C30H28F2N2O5/c1-18(2)33-17-30(13-22(35)14-30)34-15-23(25(36)11-9-20-8-10-21(31)12-24(20)32)27(37)28(26(34)29(33)38)39-16-19-6-4-3-5-7-19/h3-8,10,12,15,18H,9,11,13-14,16-17H2,1-2H3. The highest BCUT2D eigenvalue weighted by Gasteiger charge is 2.53. The van der Waals surface area contributed by atoms with Crippen LogP contribution in [-0.4, -0.2) is 39.5 Å². The van der Waals surface area contributed by atoms with Crippen LogP contribution in [0.1, 0.15) is 65.1 Å². The molecule has 1 amide bonds. The zero-order valence-corrected chi connectivity index (χ0v) is 21.7. The molecule has 2 heterocycles. The molecule has 0 radical (unpaired) electrons. The second kappa shape index (κ2) is 10.2. The normalized spacial score (nSPS) is 15.9. The summed E-state index contributed by atoms with van der Waals surface area (Å²) in [4.78, 5) is 54.5. The van der Waals surface area contributed by atoms with Crippen molar-refractivity contribution in [2.24, 2.45) is 0 Å². The Morgan fingerprint density at radius 1 is 1.05 bits per heavy atom. The first-order valence-corrected chi connectivity index (χ1v) is 12.9. The van der Waals surface area contributed by atoms with Crippen LogP contribution in [0.15, 0.2) is 59.5 Å². The fraction of sp³-hybridized carbons (Fsp3) is 0.333. The fourth-order valence-corrected chi connectivity index (χ4v) is 5.32. The third-order valence-corrected chi connectivity index (χ3v) is 7.44. The molecule has 1 spiro atoms. The zero-order valence-electron chi connectivity index (χ0n) is 21.7. The quantitative estimate of drug-likeness (QED) is 0.399. The van der Waals surface area contributed by atoms with Crippen molar-refractivity contribution in [3.8, 4) is 5.75 Å². The van der Waals surface area contributed by atoms with Crippen molar-refractivity contribution >= 4 is 17.5 Å². The summed E-state index contributed by atoms with van der Waals surface area (Å²) in [6.45, 7) is 3.97. The first-order valence-electron chi connectivity index (χ1n) is 12.9. The first-order chi connectivity index (χ1) is 18.6. The number of Topliss-reactive ketones (excluding diaryl/α,β-unsaturated/α-hetero) is 2. The summed E-state index contributed by atoms with van der Waals surface area (Å²) in [6, 6.07) is 12.0. The van der Waals surface area contributed by atoms with Gasteiger partial charge in [0.25, 0.3) is 5.91 Å². The maximum absolute atomic E-state index is 14.2. The number of rotatable bonds is 8. The number of carbonyl (C=O) groups excluding carboxylic acids is 3. The summed E-state index contributed by atoms with van der Waals surface area (Å²) in [6.07, 6.45) is 1.42. The Morgan fingerprint density at radius 3 is 2.41 bits per heavy atom. The van der Waals surface area contributed by atoms with Gasteiger partial charge in [-0.05, 0) is 37.5 Å². The maximum atomic E-state index is 14.2. The van der Waals surface area contributed by atoms with E-state index in [4.69, 9.17) is 4.74 Å². The highest BCUT2D eigenvalue weighted by molar-refractivity contribution is 6.01. The Morgan fingerprint density at radius 2 is 1.77 bits per heavy atom. The van der Waals surface area contributed by atoms with E-state index < -0.39 is 34.3 Å². The number of hydrogen-bond acceptors (Lipinski definition) is 5. The molecule has 2 aromatic carbocycles. The lowest BCUT2D eigenvalue weighted by Gasteiger charge is -2.51. The molecule has 1 aromatic heterocycles. The number of benzene rings is 2. The number of nitrogens with zero attached hydrogens (tertiary/aromatic N) is 2. The summed E-state index contributed by atoms with van der Waals surface area (Å²) in [5, 5.41) is 0. The van der Waals surface area contributed by atoms with Gasteiger partial charge in [-0.2, -0.15) is 0 Å². The third kappa shape index (κ3) is 4.89. The number of aromatic nitrogens is 1. The van der Waals surface area contributed by atoms with Gasteiger partial charge in [-0.25, -0.2) is 8.78 Å². The summed E-state index contributed by atoms with van der Waals surface area (Å²) < 4.78 is 35.0. The molecule has 1 saturated carbocycles. The molecule has 0 saturated heterocycles. The van der Waals surface area contributed by atoms with Crippen molar-refractivity contribution in [3.05, 3.63) is 99.0 Å². The van der Waals surface area contributed by atoms with Gasteiger partial charge >= 0.3 is 0 Å². The monoisotopic (exact) mass is 534 g/mol. The second-order valence-corrected chi connectivity index (χ2v) is 10.5. The molecule has 3 aromatic rings. The Hall–Kier alpha value is -4.14. The molecule has 5 rings (SSSR count). The van der Waals surface area contributed by atoms with E-state index in [-0.39, 0.29) is 73.2 Å². The van der Waals surface area contributed by atoms with E-state index in [2.05, 4.69) is 0 Å². The van der Waals surface area contributed by atoms with Crippen LogP contribution in [0, 0.1) is 11.6 Å². The van der Waals surface area contributed by atoms with E-state index in [0.717, 1.165) is 17.7 Å². The van der Waals surface area contributed by atoms with Crippen molar-refractivity contribution in [2.75, 3.05) is 6.54 Å². The van der Waals surface area contributed by atoms with Gasteiger partial charge in [0.05, 0.1) is 11.1 Å². The van der Waals surface area contributed by atoms with Gasteiger partial charge in [0.2, 0.25) is 5.43 Å². The van der Waals surface area contributed by atoms with E-state index in [1.54, 1.807) is 9.47 Å². The van der Waals surface area contributed by atoms with Crippen LogP contribution in [0.4, 0.5) is 8.78 Å². The number of halogens is 2. The predicted octanol–water partition coefficient (Wildman–Crippen LogP) is 4.44. The molecular weight excluding hydrogens is 506 g/mol. The van der Waals surface area contributed by atoms with E-state index in [0.29, 0.717) is 0 Å². The highest BCUT2D eigenvalue weighted by atomic mass is 19.1. The Bertz CT molecular complexity index is 1520. The summed E-state index contributed by atoms with van der Waals surface area (Å²) >= 11 is 0. The van der Waals surface area contributed by atoms with Crippen molar-refractivity contribution < 1.29 is 27.9 Å². The highest BCUT2D eigenvalue weighted by Crippen LogP contribution is 2.43. The van der Waals surface area contributed by atoms with Crippen LogP contribution in [0.2, 0.25) is 0 Å². The van der Waals surface area contributed by atoms with E-state index >= 15 is 0 Å². The number of aryl methyl sites for hydroxylation is 1. The molecule has 39 heavy (non-hydrogen) atoms. The average molecular weight is 535 g/mol. The van der Waals surface area contributed by atoms with Crippen LogP contribution in [0.5, 0.6) is 5.75 Å². The van der Waals surface area contributed by atoms with Crippen LogP contribution in [-0.2, 0) is 23.4 Å². The number of ketones is 2.